The zero-order chi connectivity index (χ0) is 15.6. The van der Waals surface area contributed by atoms with Crippen molar-refractivity contribution in [2.75, 3.05) is 12.4 Å². The first-order valence-electron chi connectivity index (χ1n) is 6.18. The Morgan fingerprint density at radius 2 is 1.90 bits per heavy atom. The van der Waals surface area contributed by atoms with Crippen molar-refractivity contribution in [2.45, 2.75) is 33.2 Å². The quantitative estimate of drug-likeness (QED) is 0.804. The van der Waals surface area contributed by atoms with E-state index in [2.05, 4.69) is 15.0 Å². The third-order valence-corrected chi connectivity index (χ3v) is 3.72. The molecule has 0 fully saturated rings. The number of rotatable bonds is 5. The lowest BCUT2D eigenvalue weighted by Crippen LogP contribution is -2.50. The molecule has 0 aromatic carbocycles. The van der Waals surface area contributed by atoms with Crippen LogP contribution < -0.4 is 5.32 Å². The topological polar surface area (TPSA) is 88.5 Å². The molecule has 0 bridgehead atoms. The van der Waals surface area contributed by atoms with Crippen LogP contribution in [0.25, 0.3) is 0 Å². The molecule has 6 heteroatoms. The second kappa shape index (κ2) is 5.48. The van der Waals surface area contributed by atoms with E-state index in [0.29, 0.717) is 11.4 Å². The second-order valence-corrected chi connectivity index (χ2v) is 5.60. The van der Waals surface area contributed by atoms with E-state index in [0.717, 1.165) is 0 Å². The van der Waals surface area contributed by atoms with Crippen molar-refractivity contribution in [3.63, 3.8) is 0 Å². The number of hydrogen-bond acceptors (Lipinski definition) is 5. The number of aliphatic carboxylic acids is 1. The highest BCUT2D eigenvalue weighted by molar-refractivity contribution is 5.90. The zero-order valence-corrected chi connectivity index (χ0v) is 12.4. The van der Waals surface area contributed by atoms with Crippen molar-refractivity contribution >= 4 is 17.8 Å². The molecule has 0 amide bonds. The fraction of sp³-hybridized carbons (Fsp3) is 0.500. The van der Waals surface area contributed by atoms with Gasteiger partial charge in [0, 0.05) is 11.7 Å². The molecule has 0 aliphatic heterocycles. The molecule has 110 valence electrons. The van der Waals surface area contributed by atoms with E-state index in [9.17, 15) is 14.7 Å². The number of hydrogen-bond donors (Lipinski definition) is 2. The van der Waals surface area contributed by atoms with Crippen molar-refractivity contribution in [2.24, 2.45) is 5.41 Å². The maximum atomic E-state index is 11.5. The molecular formula is C14H20N2O4. The minimum Gasteiger partial charge on any atom is -0.481 e. The normalized spacial score (nSPS) is 11.8. The maximum absolute atomic E-state index is 11.5. The minimum absolute atomic E-state index is 0.355. The number of carboxylic acid groups (broad SMARTS) is 1. The van der Waals surface area contributed by atoms with Gasteiger partial charge in [0.25, 0.3) is 0 Å². The van der Waals surface area contributed by atoms with Gasteiger partial charge in [-0.05, 0) is 39.8 Å². The summed E-state index contributed by atoms with van der Waals surface area (Å²) in [5, 5.41) is 12.4. The smallest absolute Gasteiger partial charge is 0.338 e. The molecule has 1 aromatic heterocycles. The molecule has 0 saturated heterocycles. The van der Waals surface area contributed by atoms with Gasteiger partial charge in [0.15, 0.2) is 0 Å². The van der Waals surface area contributed by atoms with Crippen LogP contribution in [-0.2, 0) is 9.53 Å². The monoisotopic (exact) mass is 280 g/mol. The fourth-order valence-corrected chi connectivity index (χ4v) is 1.49. The molecule has 1 heterocycles. The molecule has 0 saturated carbocycles. The summed E-state index contributed by atoms with van der Waals surface area (Å²) in [6.07, 6.45) is 1.47. The number of methoxy groups -OCH3 is 1. The van der Waals surface area contributed by atoms with E-state index in [1.807, 2.05) is 0 Å². The lowest BCUT2D eigenvalue weighted by molar-refractivity contribution is -0.149. The number of pyridine rings is 1. The van der Waals surface area contributed by atoms with Crippen molar-refractivity contribution in [3.8, 4) is 0 Å². The summed E-state index contributed by atoms with van der Waals surface area (Å²) in [7, 11) is 1.30. The number of aromatic nitrogens is 1. The molecule has 1 rings (SSSR count). The molecular weight excluding hydrogens is 260 g/mol. The van der Waals surface area contributed by atoms with Gasteiger partial charge in [-0.1, -0.05) is 0 Å². The van der Waals surface area contributed by atoms with Crippen LogP contribution in [0, 0.1) is 5.41 Å². The lowest BCUT2D eigenvalue weighted by atomic mass is 9.74. The fourth-order valence-electron chi connectivity index (χ4n) is 1.49. The molecule has 0 atom stereocenters. The highest BCUT2D eigenvalue weighted by Gasteiger charge is 2.43. The molecule has 0 aliphatic rings. The average Bonchev–Trinajstić information content (AvgIpc) is 2.37. The van der Waals surface area contributed by atoms with Crippen LogP contribution in [0.5, 0.6) is 0 Å². The number of anilines is 1. The van der Waals surface area contributed by atoms with Crippen LogP contribution in [0.4, 0.5) is 5.82 Å². The zero-order valence-electron chi connectivity index (χ0n) is 12.4. The van der Waals surface area contributed by atoms with Gasteiger partial charge in [-0.3, -0.25) is 4.79 Å². The molecule has 2 N–H and O–H groups in total. The molecule has 0 unspecified atom stereocenters. The summed E-state index contributed by atoms with van der Waals surface area (Å²) in [5.41, 5.74) is -1.43. The van der Waals surface area contributed by atoms with Gasteiger partial charge in [-0.25, -0.2) is 9.78 Å². The molecule has 1 aromatic rings. The van der Waals surface area contributed by atoms with Crippen LogP contribution in [-0.4, -0.2) is 34.7 Å². The maximum Gasteiger partial charge on any atom is 0.338 e. The van der Waals surface area contributed by atoms with Gasteiger partial charge in [0.1, 0.15) is 5.82 Å². The largest absolute Gasteiger partial charge is 0.481 e. The summed E-state index contributed by atoms with van der Waals surface area (Å²) >= 11 is 0. The Kier molecular flexibility index (Phi) is 4.37. The average molecular weight is 280 g/mol. The number of nitrogens with zero attached hydrogens (tertiary/aromatic N) is 1. The van der Waals surface area contributed by atoms with Gasteiger partial charge in [-0.15, -0.1) is 0 Å². The number of esters is 1. The van der Waals surface area contributed by atoms with Crippen molar-refractivity contribution in [3.05, 3.63) is 23.9 Å². The van der Waals surface area contributed by atoms with E-state index < -0.39 is 22.9 Å². The minimum atomic E-state index is -1.02. The second-order valence-electron chi connectivity index (χ2n) is 5.60. The Bertz CT molecular complexity index is 524. The first kappa shape index (κ1) is 15.9. The highest BCUT2D eigenvalue weighted by atomic mass is 16.5. The molecule has 0 spiro atoms. The van der Waals surface area contributed by atoms with E-state index in [-0.39, 0.29) is 0 Å². The Hall–Kier alpha value is -2.11. The molecule has 6 nitrogen and oxygen atoms in total. The van der Waals surface area contributed by atoms with E-state index in [4.69, 9.17) is 0 Å². The van der Waals surface area contributed by atoms with Crippen LogP contribution in [0.2, 0.25) is 0 Å². The van der Waals surface area contributed by atoms with E-state index >= 15 is 0 Å². The lowest BCUT2D eigenvalue weighted by Gasteiger charge is -2.39. The highest BCUT2D eigenvalue weighted by Crippen LogP contribution is 2.33. The first-order valence-corrected chi connectivity index (χ1v) is 6.18. The van der Waals surface area contributed by atoms with Gasteiger partial charge >= 0.3 is 11.9 Å². The van der Waals surface area contributed by atoms with Crippen LogP contribution in [0.1, 0.15) is 38.1 Å². The van der Waals surface area contributed by atoms with Crippen molar-refractivity contribution in [1.82, 2.24) is 4.98 Å². The Labute approximate surface area is 118 Å². The Morgan fingerprint density at radius 3 is 2.40 bits per heavy atom. The first-order chi connectivity index (χ1) is 9.11. The van der Waals surface area contributed by atoms with E-state index in [1.165, 1.54) is 25.4 Å². The predicted molar refractivity (Wildman–Crippen MR) is 74.7 cm³/mol. The molecule has 20 heavy (non-hydrogen) atoms. The number of carboxylic acids is 1. The number of carbonyl (C=O) groups is 2. The van der Waals surface area contributed by atoms with E-state index in [1.54, 1.807) is 27.7 Å². The van der Waals surface area contributed by atoms with Gasteiger partial charge in [0.2, 0.25) is 0 Å². The standard InChI is InChI=1S/C14H20N2O4/c1-13(2,12(18)19)14(3,4)16-10-8-9(6-7-15-10)11(17)20-5/h6-8H,1-5H3,(H,15,16)(H,18,19). The third kappa shape index (κ3) is 3.07. The Morgan fingerprint density at radius 1 is 1.30 bits per heavy atom. The van der Waals surface area contributed by atoms with Gasteiger partial charge in [0.05, 0.1) is 18.1 Å². The van der Waals surface area contributed by atoms with Crippen LogP contribution in [0.15, 0.2) is 18.3 Å². The summed E-state index contributed by atoms with van der Waals surface area (Å²) < 4.78 is 4.64. The Balaban J connectivity index is 3.04. The molecule has 0 aliphatic carbocycles. The number of nitrogens with one attached hydrogen (secondary N) is 1. The summed E-state index contributed by atoms with van der Waals surface area (Å²) in [5.74, 6) is -0.961. The molecule has 0 radical (unpaired) electrons. The predicted octanol–water partition coefficient (Wildman–Crippen LogP) is 2.17. The SMILES string of the molecule is COC(=O)c1ccnc(NC(C)(C)C(C)(C)C(=O)O)c1. The van der Waals surface area contributed by atoms with Gasteiger partial charge < -0.3 is 15.2 Å². The van der Waals surface area contributed by atoms with Crippen molar-refractivity contribution < 1.29 is 19.4 Å². The van der Waals surface area contributed by atoms with Crippen LogP contribution in [0.3, 0.4) is 0 Å². The number of carbonyl (C=O) groups excluding carboxylic acids is 1. The van der Waals surface area contributed by atoms with Crippen molar-refractivity contribution in [1.29, 1.82) is 0 Å². The summed E-state index contributed by atoms with van der Waals surface area (Å²) in [6, 6.07) is 3.07. The van der Waals surface area contributed by atoms with Crippen LogP contribution >= 0.6 is 0 Å². The summed E-state index contributed by atoms with van der Waals surface area (Å²) in [4.78, 5) is 26.9. The number of ether oxygens (including phenoxy) is 1. The third-order valence-electron chi connectivity index (χ3n) is 3.72. The van der Waals surface area contributed by atoms with Gasteiger partial charge in [-0.2, -0.15) is 0 Å². The summed E-state index contributed by atoms with van der Waals surface area (Å²) in [6.45, 7) is 6.81.